The molecule has 1 saturated carbocycles. The predicted octanol–water partition coefficient (Wildman–Crippen LogP) is 2.57. The van der Waals surface area contributed by atoms with Crippen LogP contribution in [0, 0.1) is 16.7 Å². The van der Waals surface area contributed by atoms with Crippen molar-refractivity contribution >= 4 is 22.8 Å². The number of benzene rings is 1. The van der Waals surface area contributed by atoms with Crippen LogP contribution in [0.4, 0.5) is 5.82 Å². The lowest BCUT2D eigenvalue weighted by Crippen LogP contribution is -2.67. The summed E-state index contributed by atoms with van der Waals surface area (Å²) >= 11 is 0. The third kappa shape index (κ3) is 2.53. The van der Waals surface area contributed by atoms with E-state index in [4.69, 9.17) is 5.26 Å². The zero-order valence-corrected chi connectivity index (χ0v) is 15.6. The van der Waals surface area contributed by atoms with Gasteiger partial charge in [-0.2, -0.15) is 5.26 Å². The lowest BCUT2D eigenvalue weighted by Gasteiger charge is -2.60. The maximum atomic E-state index is 12.7. The summed E-state index contributed by atoms with van der Waals surface area (Å²) in [6.07, 6.45) is 5.59. The molecule has 1 N–H and O–H groups in total. The van der Waals surface area contributed by atoms with Gasteiger partial charge in [0.15, 0.2) is 0 Å². The molecule has 3 heterocycles. The van der Waals surface area contributed by atoms with Crippen molar-refractivity contribution in [1.29, 1.82) is 5.26 Å². The molecule has 0 bridgehead atoms. The third-order valence-corrected chi connectivity index (χ3v) is 6.13. The highest BCUT2D eigenvalue weighted by atomic mass is 16.2. The summed E-state index contributed by atoms with van der Waals surface area (Å²) < 4.78 is 0. The molecule has 2 aromatic heterocycles. The zero-order valence-electron chi connectivity index (χ0n) is 15.6. The van der Waals surface area contributed by atoms with E-state index in [-0.39, 0.29) is 11.3 Å². The third-order valence-electron chi connectivity index (χ3n) is 6.13. The predicted molar refractivity (Wildman–Crippen MR) is 105 cm³/mol. The Morgan fingerprint density at radius 1 is 1.32 bits per heavy atom. The molecule has 2 aliphatic rings. The Bertz CT molecular complexity index is 1100. The number of aromatic amines is 1. The van der Waals surface area contributed by atoms with Gasteiger partial charge in [-0.15, -0.1) is 0 Å². The van der Waals surface area contributed by atoms with Gasteiger partial charge >= 0.3 is 0 Å². The number of rotatable bonds is 3. The van der Waals surface area contributed by atoms with E-state index in [1.165, 1.54) is 0 Å². The number of likely N-dealkylation sites (tertiary alicyclic amines) is 1. The molecule has 0 unspecified atom stereocenters. The Morgan fingerprint density at radius 2 is 2.14 bits per heavy atom. The number of carbonyl (C=O) groups is 1. The molecule has 7 nitrogen and oxygen atoms in total. The maximum absolute atomic E-state index is 12.7. The molecule has 0 atom stereocenters. The topological polar surface area (TPSA) is 88.9 Å². The molecule has 1 spiro atoms. The maximum Gasteiger partial charge on any atom is 0.253 e. The summed E-state index contributed by atoms with van der Waals surface area (Å²) in [6, 6.07) is 11.5. The van der Waals surface area contributed by atoms with Crippen LogP contribution in [-0.4, -0.2) is 51.9 Å². The minimum atomic E-state index is 0.0179. The largest absolute Gasteiger partial charge is 0.356 e. The van der Waals surface area contributed by atoms with Crippen LogP contribution in [0.25, 0.3) is 11.0 Å². The first-order valence-electron chi connectivity index (χ1n) is 9.39. The van der Waals surface area contributed by atoms with Crippen LogP contribution in [0.2, 0.25) is 0 Å². The Labute approximate surface area is 162 Å². The number of anilines is 1. The van der Waals surface area contributed by atoms with E-state index in [1.54, 1.807) is 30.6 Å². The Hall–Kier alpha value is -3.40. The van der Waals surface area contributed by atoms with Crippen LogP contribution in [0.5, 0.6) is 0 Å². The van der Waals surface area contributed by atoms with Gasteiger partial charge in [-0.3, -0.25) is 4.79 Å². The normalized spacial score (nSPS) is 17.8. The number of H-pyrrole nitrogens is 1. The second-order valence-electron chi connectivity index (χ2n) is 7.96. The SMILES string of the molecule is CN(c1ncnc2[nH]ccc12)C1CC2(C1)CN(C(=O)c1cccc(C#N)c1)C2. The number of hydrogen-bond acceptors (Lipinski definition) is 5. The highest BCUT2D eigenvalue weighted by molar-refractivity contribution is 5.95. The lowest BCUT2D eigenvalue weighted by molar-refractivity contribution is -0.0541. The number of nitriles is 1. The summed E-state index contributed by atoms with van der Waals surface area (Å²) in [7, 11) is 2.08. The van der Waals surface area contributed by atoms with Crippen molar-refractivity contribution in [2.45, 2.75) is 18.9 Å². The van der Waals surface area contributed by atoms with E-state index >= 15 is 0 Å². The molecule has 1 aliphatic heterocycles. The van der Waals surface area contributed by atoms with E-state index < -0.39 is 0 Å². The molecular formula is C21H20N6O. The fourth-order valence-electron chi connectivity index (χ4n) is 4.60. The molecule has 0 radical (unpaired) electrons. The Kier molecular flexibility index (Phi) is 3.63. The van der Waals surface area contributed by atoms with Gasteiger partial charge in [0.1, 0.15) is 17.8 Å². The summed E-state index contributed by atoms with van der Waals surface area (Å²) in [6.45, 7) is 1.58. The summed E-state index contributed by atoms with van der Waals surface area (Å²) in [5.74, 6) is 0.969. The molecule has 3 aromatic rings. The minimum absolute atomic E-state index is 0.0179. The Morgan fingerprint density at radius 3 is 2.93 bits per heavy atom. The van der Waals surface area contributed by atoms with Crippen molar-refractivity contribution < 1.29 is 4.79 Å². The van der Waals surface area contributed by atoms with Gasteiger partial charge in [0.05, 0.1) is 17.0 Å². The van der Waals surface area contributed by atoms with E-state index in [1.807, 2.05) is 17.2 Å². The average Bonchev–Trinajstić information content (AvgIpc) is 3.14. The first-order chi connectivity index (χ1) is 13.6. The van der Waals surface area contributed by atoms with Crippen LogP contribution in [0.1, 0.15) is 28.8 Å². The number of nitrogens with one attached hydrogen (secondary N) is 1. The van der Waals surface area contributed by atoms with Crippen LogP contribution >= 0.6 is 0 Å². The molecule has 2 fully saturated rings. The lowest BCUT2D eigenvalue weighted by atomic mass is 9.60. The fraction of sp³-hybridized carbons (Fsp3) is 0.333. The van der Waals surface area contributed by atoms with Crippen LogP contribution in [0.3, 0.4) is 0 Å². The molecule has 28 heavy (non-hydrogen) atoms. The molecule has 1 aliphatic carbocycles. The van der Waals surface area contributed by atoms with E-state index in [0.717, 1.165) is 42.8 Å². The van der Waals surface area contributed by atoms with Gasteiger partial charge in [0.2, 0.25) is 0 Å². The molecule has 5 rings (SSSR count). The summed E-state index contributed by atoms with van der Waals surface area (Å²) in [4.78, 5) is 28.7. The first kappa shape index (κ1) is 16.8. The monoisotopic (exact) mass is 372 g/mol. The van der Waals surface area contributed by atoms with Gasteiger partial charge in [-0.05, 0) is 37.1 Å². The van der Waals surface area contributed by atoms with Gasteiger partial charge in [0, 0.05) is 43.4 Å². The smallest absolute Gasteiger partial charge is 0.253 e. The van der Waals surface area contributed by atoms with E-state index in [2.05, 4.69) is 33.0 Å². The van der Waals surface area contributed by atoms with Crippen molar-refractivity contribution in [2.75, 3.05) is 25.0 Å². The summed E-state index contributed by atoms with van der Waals surface area (Å²) in [5, 5.41) is 10.1. The van der Waals surface area contributed by atoms with Crippen molar-refractivity contribution in [3.63, 3.8) is 0 Å². The number of hydrogen-bond donors (Lipinski definition) is 1. The second kappa shape index (κ2) is 6.06. The first-order valence-corrected chi connectivity index (χ1v) is 9.39. The van der Waals surface area contributed by atoms with Gasteiger partial charge in [0.25, 0.3) is 5.91 Å². The number of aromatic nitrogens is 3. The highest BCUT2D eigenvalue weighted by Crippen LogP contribution is 2.51. The zero-order chi connectivity index (χ0) is 19.3. The molecule has 1 aromatic carbocycles. The minimum Gasteiger partial charge on any atom is -0.356 e. The average molecular weight is 372 g/mol. The molecular weight excluding hydrogens is 352 g/mol. The highest BCUT2D eigenvalue weighted by Gasteiger charge is 2.54. The van der Waals surface area contributed by atoms with Crippen LogP contribution in [0.15, 0.2) is 42.9 Å². The second-order valence-corrected chi connectivity index (χ2v) is 7.96. The number of carbonyl (C=O) groups excluding carboxylic acids is 1. The number of nitrogens with zero attached hydrogens (tertiary/aromatic N) is 5. The molecule has 7 heteroatoms. The van der Waals surface area contributed by atoms with Gasteiger partial charge in [-0.25, -0.2) is 9.97 Å². The number of amides is 1. The molecule has 140 valence electrons. The van der Waals surface area contributed by atoms with Crippen molar-refractivity contribution in [3.05, 3.63) is 54.0 Å². The van der Waals surface area contributed by atoms with E-state index in [0.29, 0.717) is 17.2 Å². The van der Waals surface area contributed by atoms with Gasteiger partial charge in [-0.1, -0.05) is 6.07 Å². The quantitative estimate of drug-likeness (QED) is 0.763. The van der Waals surface area contributed by atoms with E-state index in [9.17, 15) is 4.79 Å². The van der Waals surface area contributed by atoms with Crippen molar-refractivity contribution in [2.24, 2.45) is 5.41 Å². The summed E-state index contributed by atoms with van der Waals surface area (Å²) in [5.41, 5.74) is 2.20. The molecule has 1 saturated heterocycles. The van der Waals surface area contributed by atoms with Crippen LogP contribution < -0.4 is 4.90 Å². The van der Waals surface area contributed by atoms with Gasteiger partial charge < -0.3 is 14.8 Å². The van der Waals surface area contributed by atoms with Crippen molar-refractivity contribution in [3.8, 4) is 6.07 Å². The Balaban J connectivity index is 1.23. The standard InChI is InChI=1S/C21H20N6O/c1-26(19-17-5-6-23-18(17)24-13-25-19)16-8-21(9-16)11-27(12-21)20(28)15-4-2-3-14(7-15)10-22/h2-7,13,16H,8-9,11-12H2,1H3,(H,23,24,25). The van der Waals surface area contributed by atoms with Crippen LogP contribution in [-0.2, 0) is 0 Å². The number of fused-ring (bicyclic) bond motifs is 1. The molecule has 1 amide bonds. The fourth-order valence-corrected chi connectivity index (χ4v) is 4.60. The van der Waals surface area contributed by atoms with Crippen molar-refractivity contribution in [1.82, 2.24) is 19.9 Å².